The van der Waals surface area contributed by atoms with Crippen molar-refractivity contribution in [3.8, 4) is 0 Å². The van der Waals surface area contributed by atoms with E-state index in [0.29, 0.717) is 0 Å². The van der Waals surface area contributed by atoms with Crippen LogP contribution >= 0.6 is 0 Å². The van der Waals surface area contributed by atoms with Gasteiger partial charge in [-0.15, -0.1) is 6.58 Å². The molecular weight excluding hydrogens is 264 g/mol. The lowest BCUT2D eigenvalue weighted by Crippen LogP contribution is -1.84. The molecule has 0 heteroatoms. The Labute approximate surface area is 140 Å². The van der Waals surface area contributed by atoms with Crippen LogP contribution < -0.4 is 0 Å². The minimum absolute atomic E-state index is 0. The molecule has 0 aliphatic carbocycles. The second-order valence-electron chi connectivity index (χ2n) is 4.97. The van der Waals surface area contributed by atoms with E-state index in [1.165, 1.54) is 16.7 Å². The van der Waals surface area contributed by atoms with Gasteiger partial charge in [0, 0.05) is 0 Å². The molecule has 0 saturated carbocycles. The SMILES string of the molecule is C.C=C(C)/C=C\C(=C)c1cccc(CC)c1.C=C(C)C.CC. The van der Waals surface area contributed by atoms with E-state index in [1.807, 2.05) is 46.8 Å². The summed E-state index contributed by atoms with van der Waals surface area (Å²) >= 11 is 0. The summed E-state index contributed by atoms with van der Waals surface area (Å²) in [6, 6.07) is 8.49. The summed E-state index contributed by atoms with van der Waals surface area (Å²) in [7, 11) is 0. The number of hydrogen-bond acceptors (Lipinski definition) is 0. The monoisotopic (exact) mass is 300 g/mol. The largest absolute Gasteiger partial charge is 0.100 e. The highest BCUT2D eigenvalue weighted by Crippen LogP contribution is 2.16. The van der Waals surface area contributed by atoms with Crippen LogP contribution in [-0.2, 0) is 6.42 Å². The molecule has 1 aromatic rings. The summed E-state index contributed by atoms with van der Waals surface area (Å²) in [6.07, 6.45) is 5.06. The summed E-state index contributed by atoms with van der Waals surface area (Å²) in [4.78, 5) is 0. The van der Waals surface area contributed by atoms with Gasteiger partial charge in [0.25, 0.3) is 0 Å². The molecule has 0 saturated heterocycles. The average molecular weight is 301 g/mol. The molecule has 0 aliphatic rings. The zero-order valence-corrected chi connectivity index (χ0v) is 14.8. The molecule has 22 heavy (non-hydrogen) atoms. The second kappa shape index (κ2) is 15.6. The molecule has 0 amide bonds. The van der Waals surface area contributed by atoms with Crippen molar-refractivity contribution >= 4 is 5.57 Å². The maximum atomic E-state index is 4.04. The van der Waals surface area contributed by atoms with E-state index in [0.717, 1.165) is 17.6 Å². The zero-order valence-electron chi connectivity index (χ0n) is 14.8. The highest BCUT2D eigenvalue weighted by Gasteiger charge is 1.96. The van der Waals surface area contributed by atoms with Crippen LogP contribution in [0.25, 0.3) is 5.57 Å². The fourth-order valence-electron chi connectivity index (χ4n) is 1.33. The van der Waals surface area contributed by atoms with Crippen molar-refractivity contribution in [2.75, 3.05) is 0 Å². The lowest BCUT2D eigenvalue weighted by molar-refractivity contribution is 1.14. The van der Waals surface area contributed by atoms with E-state index in [2.05, 4.69) is 50.9 Å². The maximum absolute atomic E-state index is 4.04. The van der Waals surface area contributed by atoms with E-state index in [9.17, 15) is 0 Å². The molecule has 0 aromatic heterocycles. The summed E-state index contributed by atoms with van der Waals surface area (Å²) < 4.78 is 0. The Morgan fingerprint density at radius 1 is 1.00 bits per heavy atom. The first-order valence-corrected chi connectivity index (χ1v) is 7.60. The summed E-state index contributed by atoms with van der Waals surface area (Å²) in [6.45, 7) is 23.5. The molecule has 0 spiro atoms. The van der Waals surface area contributed by atoms with Crippen LogP contribution in [0.4, 0.5) is 0 Å². The van der Waals surface area contributed by atoms with Crippen molar-refractivity contribution in [3.05, 3.63) is 78.4 Å². The van der Waals surface area contributed by atoms with E-state index in [4.69, 9.17) is 0 Å². The van der Waals surface area contributed by atoms with Gasteiger partial charge < -0.3 is 0 Å². The van der Waals surface area contributed by atoms with Crippen LogP contribution in [0.2, 0.25) is 0 Å². The summed E-state index contributed by atoms with van der Waals surface area (Å²) in [5, 5.41) is 0. The third-order valence-corrected chi connectivity index (χ3v) is 2.28. The van der Waals surface area contributed by atoms with Crippen molar-refractivity contribution < 1.29 is 0 Å². The van der Waals surface area contributed by atoms with Crippen molar-refractivity contribution in [1.29, 1.82) is 0 Å². The highest BCUT2D eigenvalue weighted by molar-refractivity contribution is 5.72. The molecule has 0 aliphatic heterocycles. The van der Waals surface area contributed by atoms with Gasteiger partial charge in [0.05, 0.1) is 0 Å². The predicted octanol–water partition coefficient (Wildman–Crippen LogP) is 7.64. The number of hydrogen-bond donors (Lipinski definition) is 0. The number of benzene rings is 1. The molecule has 0 unspecified atom stereocenters. The van der Waals surface area contributed by atoms with Crippen LogP contribution in [0, 0.1) is 0 Å². The summed E-state index contributed by atoms with van der Waals surface area (Å²) in [5.74, 6) is 0. The fourth-order valence-corrected chi connectivity index (χ4v) is 1.33. The molecular formula is C22H36. The first-order valence-electron chi connectivity index (χ1n) is 7.60. The second-order valence-corrected chi connectivity index (χ2v) is 4.97. The average Bonchev–Trinajstić information content (AvgIpc) is 2.46. The Kier molecular flexibility index (Phi) is 17.8. The molecule has 0 radical (unpaired) electrons. The van der Waals surface area contributed by atoms with Gasteiger partial charge in [-0.2, -0.15) is 0 Å². The van der Waals surface area contributed by atoms with Crippen LogP contribution in [0.15, 0.2) is 67.3 Å². The van der Waals surface area contributed by atoms with E-state index >= 15 is 0 Å². The van der Waals surface area contributed by atoms with Gasteiger partial charge in [-0.25, -0.2) is 0 Å². The maximum Gasteiger partial charge on any atom is -0.0187 e. The van der Waals surface area contributed by atoms with Crippen molar-refractivity contribution in [2.45, 2.75) is 55.4 Å². The predicted molar refractivity (Wildman–Crippen MR) is 107 cm³/mol. The van der Waals surface area contributed by atoms with E-state index in [1.54, 1.807) is 0 Å². The number of rotatable bonds is 4. The third-order valence-electron chi connectivity index (χ3n) is 2.28. The zero-order chi connectivity index (χ0) is 16.8. The van der Waals surface area contributed by atoms with Gasteiger partial charge in [-0.3, -0.25) is 0 Å². The van der Waals surface area contributed by atoms with Crippen LogP contribution in [0.5, 0.6) is 0 Å². The third kappa shape index (κ3) is 14.6. The first kappa shape index (κ1) is 25.2. The molecule has 1 rings (SSSR count). The normalized spacial score (nSPS) is 8.64. The molecule has 0 atom stereocenters. The Balaban J connectivity index is -0.000000448. The van der Waals surface area contributed by atoms with Crippen molar-refractivity contribution in [3.63, 3.8) is 0 Å². The smallest absolute Gasteiger partial charge is 0.0187 e. The van der Waals surface area contributed by atoms with Gasteiger partial charge in [0.2, 0.25) is 0 Å². The van der Waals surface area contributed by atoms with Crippen LogP contribution in [0.3, 0.4) is 0 Å². The Morgan fingerprint density at radius 3 is 1.91 bits per heavy atom. The molecule has 0 heterocycles. The number of allylic oxidation sites excluding steroid dienone is 5. The molecule has 0 fully saturated rings. The first-order chi connectivity index (χ1) is 9.86. The molecule has 124 valence electrons. The fraction of sp³-hybridized carbons (Fsp3) is 0.364. The minimum atomic E-state index is 0. The van der Waals surface area contributed by atoms with E-state index < -0.39 is 0 Å². The molecule has 0 nitrogen and oxygen atoms in total. The topological polar surface area (TPSA) is 0 Å². The Bertz CT molecular complexity index is 469. The van der Waals surface area contributed by atoms with Gasteiger partial charge in [-0.05, 0) is 43.9 Å². The number of aryl methyl sites for hydroxylation is 1. The standard InChI is InChI=1S/C15H18.C4H8.C2H6.CH4/c1-5-14-7-6-8-15(11-14)13(4)10-9-12(2)3;1-4(2)3;1-2;/h6-11H,2,4-5H2,1,3H3;1H2,2-3H3;1-2H3;1H4/b10-9-;;;. The quantitative estimate of drug-likeness (QED) is 0.396. The van der Waals surface area contributed by atoms with Crippen molar-refractivity contribution in [1.82, 2.24) is 0 Å². The minimum Gasteiger partial charge on any atom is -0.100 e. The van der Waals surface area contributed by atoms with Crippen LogP contribution in [0.1, 0.15) is 60.1 Å². The van der Waals surface area contributed by atoms with Gasteiger partial charge in [0.15, 0.2) is 0 Å². The highest BCUT2D eigenvalue weighted by atomic mass is 14.0. The van der Waals surface area contributed by atoms with Crippen molar-refractivity contribution in [2.24, 2.45) is 0 Å². The van der Waals surface area contributed by atoms with E-state index in [-0.39, 0.29) is 7.43 Å². The van der Waals surface area contributed by atoms with Gasteiger partial charge in [-0.1, -0.05) is 88.9 Å². The van der Waals surface area contributed by atoms with Gasteiger partial charge >= 0.3 is 0 Å². The molecule has 0 N–H and O–H groups in total. The van der Waals surface area contributed by atoms with Crippen LogP contribution in [-0.4, -0.2) is 0 Å². The lowest BCUT2D eigenvalue weighted by Gasteiger charge is -2.03. The molecule has 1 aromatic carbocycles. The summed E-state index contributed by atoms with van der Waals surface area (Å²) in [5.41, 5.74) is 5.78. The lowest BCUT2D eigenvalue weighted by atomic mass is 10.0. The molecule has 0 bridgehead atoms. The Hall–Kier alpha value is -1.82. The Morgan fingerprint density at radius 2 is 1.50 bits per heavy atom. The van der Waals surface area contributed by atoms with Gasteiger partial charge in [0.1, 0.15) is 0 Å².